The van der Waals surface area contributed by atoms with Crippen molar-refractivity contribution in [3.05, 3.63) is 0 Å². The first-order valence-electron chi connectivity index (χ1n) is 15.7. The number of hydrazine groups is 1. The van der Waals surface area contributed by atoms with Crippen molar-refractivity contribution in [2.75, 3.05) is 20.2 Å². The Morgan fingerprint density at radius 2 is 1.80 bits per heavy atom. The Morgan fingerprint density at radius 3 is 2.56 bits per heavy atom. The van der Waals surface area contributed by atoms with Crippen molar-refractivity contribution in [3.63, 3.8) is 0 Å². The number of rotatable bonds is 8. The molecule has 2 aliphatic heterocycles. The minimum absolute atomic E-state index is 0.0943. The van der Waals surface area contributed by atoms with Crippen LogP contribution >= 0.6 is 11.6 Å². The summed E-state index contributed by atoms with van der Waals surface area (Å²) in [7, 11) is 1.80. The second kappa shape index (κ2) is 14.0. The van der Waals surface area contributed by atoms with E-state index in [9.17, 15) is 19.8 Å². The lowest BCUT2D eigenvalue weighted by molar-refractivity contribution is -0.135. The van der Waals surface area contributed by atoms with Crippen LogP contribution in [0.1, 0.15) is 77.6 Å². The van der Waals surface area contributed by atoms with E-state index in [0.29, 0.717) is 31.2 Å². The van der Waals surface area contributed by atoms with E-state index in [4.69, 9.17) is 21.3 Å². The Morgan fingerprint density at radius 1 is 1.05 bits per heavy atom. The highest BCUT2D eigenvalue weighted by Crippen LogP contribution is 2.42. The molecule has 5 aliphatic rings. The molecule has 12 heteroatoms. The molecular formula is C29H49ClN6O5. The molecule has 41 heavy (non-hydrogen) atoms. The van der Waals surface area contributed by atoms with Crippen LogP contribution in [0.15, 0.2) is 4.99 Å². The molecule has 3 aliphatic carbocycles. The van der Waals surface area contributed by atoms with Crippen LogP contribution in [-0.2, 0) is 14.3 Å². The number of carbonyl (C=O) groups is 2. The van der Waals surface area contributed by atoms with E-state index >= 15 is 0 Å². The molecule has 2 amide bonds. The number of nitrogens with zero attached hydrogens (tertiary/aromatic N) is 2. The van der Waals surface area contributed by atoms with Gasteiger partial charge in [-0.3, -0.25) is 19.5 Å². The first kappa shape index (κ1) is 31.1. The molecule has 9 atom stereocenters. The Kier molecular flexibility index (Phi) is 10.6. The number of hydrogen-bond donors (Lipinski definition) is 6. The summed E-state index contributed by atoms with van der Waals surface area (Å²) in [6, 6.07) is 0.0736. The topological polar surface area (TPSA) is 148 Å². The average molecular weight is 597 g/mol. The van der Waals surface area contributed by atoms with Gasteiger partial charge >= 0.3 is 0 Å². The van der Waals surface area contributed by atoms with Gasteiger partial charge in [-0.1, -0.05) is 0 Å². The monoisotopic (exact) mass is 596 g/mol. The maximum absolute atomic E-state index is 13.2. The number of halogens is 1. The Balaban J connectivity index is 1.25. The van der Waals surface area contributed by atoms with Crippen molar-refractivity contribution in [1.82, 2.24) is 26.4 Å². The first-order chi connectivity index (χ1) is 19.8. The molecule has 2 heterocycles. The summed E-state index contributed by atoms with van der Waals surface area (Å²) in [5.41, 5.74) is 8.10. The second-order valence-electron chi connectivity index (χ2n) is 12.7. The lowest BCUT2D eigenvalue weighted by Gasteiger charge is -2.44. The van der Waals surface area contributed by atoms with Gasteiger partial charge in [0, 0.05) is 43.2 Å². The third kappa shape index (κ3) is 7.08. The predicted octanol–water partition coefficient (Wildman–Crippen LogP) is 1.02. The molecule has 0 radical (unpaired) electrons. The molecule has 5 rings (SSSR count). The molecule has 11 nitrogen and oxygen atoms in total. The van der Waals surface area contributed by atoms with Gasteiger partial charge in [0.15, 0.2) is 0 Å². The van der Waals surface area contributed by atoms with Crippen LogP contribution in [0.25, 0.3) is 0 Å². The number of amides is 2. The van der Waals surface area contributed by atoms with E-state index in [2.05, 4.69) is 33.3 Å². The van der Waals surface area contributed by atoms with Crippen LogP contribution in [0.5, 0.6) is 0 Å². The number of methoxy groups -OCH3 is 1. The molecule has 0 spiro atoms. The predicted molar refractivity (Wildman–Crippen MR) is 156 cm³/mol. The summed E-state index contributed by atoms with van der Waals surface area (Å²) < 4.78 is 5.84. The summed E-state index contributed by atoms with van der Waals surface area (Å²) in [6.45, 7) is 2.72. The number of aliphatic hydroxyl groups is 2. The SMILES string of the molecule is COC1CCC2C(C1)C(C1CCC(Cl)CC1)=N[C@@H](CC(=O)NCCNC(=O)C1CCCC(O)C1O)C1NNC(C)N21. The number of carbonyl (C=O) groups excluding carboxylic acids is 2. The van der Waals surface area contributed by atoms with Gasteiger partial charge in [0.25, 0.3) is 0 Å². The van der Waals surface area contributed by atoms with Gasteiger partial charge in [-0.2, -0.15) is 0 Å². The van der Waals surface area contributed by atoms with E-state index in [1.54, 1.807) is 7.11 Å². The van der Waals surface area contributed by atoms with E-state index < -0.39 is 18.1 Å². The van der Waals surface area contributed by atoms with Crippen LogP contribution in [0, 0.1) is 17.8 Å². The summed E-state index contributed by atoms with van der Waals surface area (Å²) in [4.78, 5) is 33.7. The number of alkyl halides is 1. The maximum Gasteiger partial charge on any atom is 0.225 e. The van der Waals surface area contributed by atoms with E-state index in [1.807, 2.05) is 0 Å². The van der Waals surface area contributed by atoms with E-state index in [0.717, 1.165) is 44.9 Å². The van der Waals surface area contributed by atoms with Crippen LogP contribution in [0.2, 0.25) is 0 Å². The zero-order valence-corrected chi connectivity index (χ0v) is 25.2. The van der Waals surface area contributed by atoms with Gasteiger partial charge in [0.05, 0.1) is 49.0 Å². The molecule has 0 bridgehead atoms. The van der Waals surface area contributed by atoms with Gasteiger partial charge in [-0.25, -0.2) is 10.9 Å². The Hall–Kier alpha value is -1.34. The van der Waals surface area contributed by atoms with Crippen molar-refractivity contribution < 1.29 is 24.5 Å². The largest absolute Gasteiger partial charge is 0.390 e. The van der Waals surface area contributed by atoms with Crippen molar-refractivity contribution in [3.8, 4) is 0 Å². The van der Waals surface area contributed by atoms with Crippen LogP contribution in [-0.4, -0.2) is 101 Å². The molecule has 0 aromatic carbocycles. The van der Waals surface area contributed by atoms with Gasteiger partial charge in [0.2, 0.25) is 11.8 Å². The highest BCUT2D eigenvalue weighted by Gasteiger charge is 2.50. The Labute approximate surface area is 248 Å². The minimum Gasteiger partial charge on any atom is -0.390 e. The maximum atomic E-state index is 13.2. The number of nitrogens with one attached hydrogen (secondary N) is 4. The third-order valence-corrected chi connectivity index (χ3v) is 10.6. The van der Waals surface area contributed by atoms with Gasteiger partial charge in [0.1, 0.15) is 0 Å². The Bertz CT molecular complexity index is 949. The van der Waals surface area contributed by atoms with Crippen LogP contribution in [0.4, 0.5) is 0 Å². The quantitative estimate of drug-likeness (QED) is 0.180. The summed E-state index contributed by atoms with van der Waals surface area (Å²) in [5.74, 6) is -0.332. The van der Waals surface area contributed by atoms with Crippen molar-refractivity contribution in [2.24, 2.45) is 22.7 Å². The number of aliphatic hydroxyl groups excluding tert-OH is 2. The molecule has 4 fully saturated rings. The molecule has 3 saturated carbocycles. The molecule has 8 unspecified atom stereocenters. The van der Waals surface area contributed by atoms with Gasteiger partial charge in [-0.15, -0.1) is 11.6 Å². The normalized spacial score (nSPS) is 41.5. The molecule has 232 valence electrons. The highest BCUT2D eigenvalue weighted by molar-refractivity contribution is 6.20. The third-order valence-electron chi connectivity index (χ3n) is 10.1. The average Bonchev–Trinajstić information content (AvgIpc) is 3.29. The fraction of sp³-hybridized carbons (Fsp3) is 0.897. The van der Waals surface area contributed by atoms with E-state index in [1.165, 1.54) is 5.71 Å². The molecule has 6 N–H and O–H groups in total. The smallest absolute Gasteiger partial charge is 0.225 e. The second-order valence-corrected chi connectivity index (χ2v) is 13.3. The van der Waals surface area contributed by atoms with Gasteiger partial charge in [-0.05, 0) is 77.0 Å². The van der Waals surface area contributed by atoms with Crippen molar-refractivity contribution in [2.45, 2.75) is 126 Å². The first-order valence-corrected chi connectivity index (χ1v) is 16.1. The van der Waals surface area contributed by atoms with Gasteiger partial charge < -0.3 is 25.6 Å². The zero-order chi connectivity index (χ0) is 29.1. The highest BCUT2D eigenvalue weighted by atomic mass is 35.5. The lowest BCUT2D eigenvalue weighted by atomic mass is 9.72. The number of fused-ring (bicyclic) bond motifs is 3. The van der Waals surface area contributed by atoms with Crippen molar-refractivity contribution >= 4 is 29.1 Å². The molecule has 0 aromatic heterocycles. The number of hydrogen-bond acceptors (Lipinski definition) is 9. The number of ether oxygens (including phenoxy) is 1. The molecule has 0 aromatic rings. The lowest BCUT2D eigenvalue weighted by Crippen LogP contribution is -2.55. The number of aliphatic imine (C=N–C) groups is 1. The zero-order valence-electron chi connectivity index (χ0n) is 24.4. The summed E-state index contributed by atoms with van der Waals surface area (Å²) in [6.07, 6.45) is 7.40. The minimum atomic E-state index is -1.04. The van der Waals surface area contributed by atoms with E-state index in [-0.39, 0.29) is 67.1 Å². The van der Waals surface area contributed by atoms with Crippen LogP contribution in [0.3, 0.4) is 0 Å². The summed E-state index contributed by atoms with van der Waals surface area (Å²) in [5, 5.41) is 26.0. The summed E-state index contributed by atoms with van der Waals surface area (Å²) >= 11 is 6.48. The molecule has 1 saturated heterocycles. The standard InChI is InChI=1S/C29H49ClN6O5/c1-16-34-35-28-22(15-25(38)31-12-13-32-29(40)20-4-3-5-24(37)27(20)39)33-26(17-6-8-18(30)9-7-17)21-14-19(41-2)10-11-23(21)36(16)28/h16-24,27-28,34-35,37,39H,3-15H2,1-2H3,(H,31,38)(H,32,40)/t16?,17?,18?,19?,20?,21?,22-,23?,24?,27?,28?/m0/s1. The fourth-order valence-corrected chi connectivity index (χ4v) is 8.14. The van der Waals surface area contributed by atoms with Crippen molar-refractivity contribution in [1.29, 1.82) is 0 Å². The van der Waals surface area contributed by atoms with Crippen LogP contribution < -0.4 is 21.5 Å². The fourth-order valence-electron chi connectivity index (χ4n) is 7.88. The molecular weight excluding hydrogens is 548 g/mol.